The van der Waals surface area contributed by atoms with Gasteiger partial charge in [-0.15, -0.1) is 0 Å². The molecule has 0 atom stereocenters. The standard InChI is InChI=1S/C10H8N2O3/c13-7-3-1-5-11-9(7)12-6-2-4-8(14)10(12)15/h1-6,13-14H. The second kappa shape index (κ2) is 3.45. The number of nitrogens with zero attached hydrogens (tertiary/aromatic N) is 2. The topological polar surface area (TPSA) is 75.3 Å². The van der Waals surface area contributed by atoms with Crippen molar-refractivity contribution < 1.29 is 10.2 Å². The van der Waals surface area contributed by atoms with Crippen LogP contribution in [0.1, 0.15) is 0 Å². The van der Waals surface area contributed by atoms with Gasteiger partial charge in [-0.2, -0.15) is 0 Å². The lowest BCUT2D eigenvalue weighted by Gasteiger charge is -2.05. The van der Waals surface area contributed by atoms with E-state index >= 15 is 0 Å². The number of aromatic hydroxyl groups is 2. The van der Waals surface area contributed by atoms with Crippen LogP contribution in [0.3, 0.4) is 0 Å². The molecular formula is C10H8N2O3. The molecule has 0 saturated carbocycles. The lowest BCUT2D eigenvalue weighted by atomic mass is 10.4. The van der Waals surface area contributed by atoms with Crippen LogP contribution in [-0.2, 0) is 0 Å². The SMILES string of the molecule is O=c1c(O)cccn1-c1ncccc1O. The zero-order valence-corrected chi connectivity index (χ0v) is 7.66. The van der Waals surface area contributed by atoms with Gasteiger partial charge in [0, 0.05) is 12.4 Å². The Bertz CT molecular complexity index is 548. The lowest BCUT2D eigenvalue weighted by molar-refractivity contribution is 0.456. The van der Waals surface area contributed by atoms with Gasteiger partial charge >= 0.3 is 0 Å². The Balaban J connectivity index is 2.70. The van der Waals surface area contributed by atoms with Crippen LogP contribution < -0.4 is 5.56 Å². The summed E-state index contributed by atoms with van der Waals surface area (Å²) in [7, 11) is 0. The van der Waals surface area contributed by atoms with Gasteiger partial charge in [0.15, 0.2) is 17.3 Å². The first-order chi connectivity index (χ1) is 7.20. The first-order valence-corrected chi connectivity index (χ1v) is 4.25. The number of hydrogen-bond acceptors (Lipinski definition) is 4. The molecule has 0 spiro atoms. The van der Waals surface area contributed by atoms with E-state index in [1.54, 1.807) is 6.07 Å². The molecule has 0 aliphatic rings. The molecule has 0 aromatic carbocycles. The zero-order chi connectivity index (χ0) is 10.8. The van der Waals surface area contributed by atoms with Gasteiger partial charge in [0.2, 0.25) is 0 Å². The first kappa shape index (κ1) is 9.26. The van der Waals surface area contributed by atoms with E-state index in [0.717, 1.165) is 4.57 Å². The first-order valence-electron chi connectivity index (χ1n) is 4.25. The van der Waals surface area contributed by atoms with Crippen LogP contribution in [0, 0.1) is 0 Å². The minimum atomic E-state index is -0.619. The highest BCUT2D eigenvalue weighted by Gasteiger charge is 2.07. The fourth-order valence-corrected chi connectivity index (χ4v) is 1.22. The van der Waals surface area contributed by atoms with Crippen LogP contribution >= 0.6 is 0 Å². The Hall–Kier alpha value is -2.30. The second-order valence-corrected chi connectivity index (χ2v) is 2.91. The fraction of sp³-hybridized carbons (Fsp3) is 0. The van der Waals surface area contributed by atoms with Gasteiger partial charge in [0.1, 0.15) is 0 Å². The highest BCUT2D eigenvalue weighted by molar-refractivity contribution is 5.39. The van der Waals surface area contributed by atoms with Crippen LogP contribution in [-0.4, -0.2) is 19.8 Å². The maximum absolute atomic E-state index is 11.5. The summed E-state index contributed by atoms with van der Waals surface area (Å²) in [5, 5.41) is 18.7. The summed E-state index contributed by atoms with van der Waals surface area (Å²) in [5.74, 6) is -0.411. The maximum Gasteiger partial charge on any atom is 0.298 e. The summed E-state index contributed by atoms with van der Waals surface area (Å²) in [6.07, 6.45) is 2.87. The summed E-state index contributed by atoms with van der Waals surface area (Å²) in [5.41, 5.74) is -0.619. The van der Waals surface area contributed by atoms with Crippen molar-refractivity contribution in [2.45, 2.75) is 0 Å². The van der Waals surface area contributed by atoms with Gasteiger partial charge in [0.05, 0.1) is 0 Å². The quantitative estimate of drug-likeness (QED) is 0.714. The molecule has 0 aliphatic heterocycles. The van der Waals surface area contributed by atoms with Gasteiger partial charge in [-0.25, -0.2) is 4.98 Å². The third-order valence-corrected chi connectivity index (χ3v) is 1.92. The minimum Gasteiger partial charge on any atom is -0.504 e. The molecule has 0 saturated heterocycles. The van der Waals surface area contributed by atoms with Crippen molar-refractivity contribution in [3.8, 4) is 17.3 Å². The second-order valence-electron chi connectivity index (χ2n) is 2.91. The summed E-state index contributed by atoms with van der Waals surface area (Å²) < 4.78 is 1.07. The van der Waals surface area contributed by atoms with Gasteiger partial charge in [-0.05, 0) is 24.3 Å². The summed E-state index contributed by atoms with van der Waals surface area (Å²) in [4.78, 5) is 15.3. The molecule has 0 amide bonds. The van der Waals surface area contributed by atoms with E-state index in [2.05, 4.69) is 4.98 Å². The van der Waals surface area contributed by atoms with Crippen LogP contribution in [0.15, 0.2) is 41.5 Å². The molecule has 0 aliphatic carbocycles. The molecule has 0 fully saturated rings. The lowest BCUT2D eigenvalue weighted by Crippen LogP contribution is -2.17. The van der Waals surface area contributed by atoms with E-state index in [4.69, 9.17) is 0 Å². The van der Waals surface area contributed by atoms with E-state index in [9.17, 15) is 15.0 Å². The molecule has 2 N–H and O–H groups in total. The monoisotopic (exact) mass is 204 g/mol. The molecule has 5 heteroatoms. The summed E-state index contributed by atoms with van der Waals surface area (Å²) in [6, 6.07) is 5.73. The average molecular weight is 204 g/mol. The molecule has 0 bridgehead atoms. The van der Waals surface area contributed by atoms with Crippen molar-refractivity contribution in [1.82, 2.24) is 9.55 Å². The largest absolute Gasteiger partial charge is 0.504 e. The molecule has 15 heavy (non-hydrogen) atoms. The van der Waals surface area contributed by atoms with Crippen molar-refractivity contribution in [3.63, 3.8) is 0 Å². The number of rotatable bonds is 1. The van der Waals surface area contributed by atoms with Crippen molar-refractivity contribution >= 4 is 0 Å². The molecular weight excluding hydrogens is 196 g/mol. The van der Waals surface area contributed by atoms with Crippen molar-refractivity contribution in [3.05, 3.63) is 47.0 Å². The fourth-order valence-electron chi connectivity index (χ4n) is 1.22. The molecule has 2 aromatic rings. The average Bonchev–Trinajstić information content (AvgIpc) is 2.23. The third-order valence-electron chi connectivity index (χ3n) is 1.92. The Morgan fingerprint density at radius 2 is 1.87 bits per heavy atom. The third kappa shape index (κ3) is 1.54. The minimum absolute atomic E-state index is 0.0957. The van der Waals surface area contributed by atoms with Crippen molar-refractivity contribution in [1.29, 1.82) is 0 Å². The normalized spacial score (nSPS) is 10.1. The van der Waals surface area contributed by atoms with Crippen molar-refractivity contribution in [2.75, 3.05) is 0 Å². The van der Waals surface area contributed by atoms with Gasteiger partial charge in [0.25, 0.3) is 5.56 Å². The molecule has 0 unspecified atom stereocenters. The highest BCUT2D eigenvalue weighted by Crippen LogP contribution is 2.16. The van der Waals surface area contributed by atoms with Crippen LogP contribution in [0.25, 0.3) is 5.82 Å². The van der Waals surface area contributed by atoms with E-state index in [1.165, 1.54) is 30.6 Å². The maximum atomic E-state index is 11.5. The molecule has 2 heterocycles. The summed E-state index contributed by atoms with van der Waals surface area (Å²) >= 11 is 0. The molecule has 2 aromatic heterocycles. The summed E-state index contributed by atoms with van der Waals surface area (Å²) in [6.45, 7) is 0. The Morgan fingerprint density at radius 3 is 2.60 bits per heavy atom. The Morgan fingerprint density at radius 1 is 1.13 bits per heavy atom. The Kier molecular flexibility index (Phi) is 2.13. The predicted molar refractivity (Wildman–Crippen MR) is 53.2 cm³/mol. The highest BCUT2D eigenvalue weighted by atomic mass is 16.3. The number of hydrogen-bond donors (Lipinski definition) is 2. The van der Waals surface area contributed by atoms with Crippen LogP contribution in [0.4, 0.5) is 0 Å². The van der Waals surface area contributed by atoms with E-state index in [0.29, 0.717) is 0 Å². The van der Waals surface area contributed by atoms with Crippen LogP contribution in [0.5, 0.6) is 11.5 Å². The molecule has 0 radical (unpaired) electrons. The predicted octanol–water partition coefficient (Wildman–Crippen LogP) is 0.644. The number of aromatic nitrogens is 2. The van der Waals surface area contributed by atoms with E-state index in [1.807, 2.05) is 0 Å². The zero-order valence-electron chi connectivity index (χ0n) is 7.66. The van der Waals surface area contributed by atoms with Crippen LogP contribution in [0.2, 0.25) is 0 Å². The molecule has 76 valence electrons. The smallest absolute Gasteiger partial charge is 0.298 e. The number of pyridine rings is 2. The van der Waals surface area contributed by atoms with Gasteiger partial charge in [-0.1, -0.05) is 0 Å². The van der Waals surface area contributed by atoms with E-state index in [-0.39, 0.29) is 17.3 Å². The van der Waals surface area contributed by atoms with Gasteiger partial charge < -0.3 is 10.2 Å². The van der Waals surface area contributed by atoms with E-state index < -0.39 is 5.56 Å². The van der Waals surface area contributed by atoms with Crippen molar-refractivity contribution in [2.24, 2.45) is 0 Å². The molecule has 5 nitrogen and oxygen atoms in total. The Labute approximate surface area is 84.9 Å². The van der Waals surface area contributed by atoms with Gasteiger partial charge in [-0.3, -0.25) is 9.36 Å². The molecule has 2 rings (SSSR count).